The van der Waals surface area contributed by atoms with Crippen molar-refractivity contribution < 1.29 is 9.22 Å². The van der Waals surface area contributed by atoms with E-state index in [2.05, 4.69) is 12.2 Å². The van der Waals surface area contributed by atoms with Gasteiger partial charge in [0.05, 0.1) is 6.04 Å². The minimum atomic E-state index is -2.18. The maximum atomic E-state index is 12.1. The average Bonchev–Trinajstić information content (AvgIpc) is 2.24. The fourth-order valence-corrected chi connectivity index (χ4v) is 4.28. The van der Waals surface area contributed by atoms with E-state index in [1.807, 2.05) is 13.5 Å². The van der Waals surface area contributed by atoms with Crippen molar-refractivity contribution in [3.63, 3.8) is 0 Å². The van der Waals surface area contributed by atoms with Gasteiger partial charge in [-0.15, -0.1) is 0 Å². The Hall–Kier alpha value is -0.233. The highest BCUT2D eigenvalue weighted by Crippen LogP contribution is 2.15. The molecule has 0 aliphatic carbocycles. The van der Waals surface area contributed by atoms with Crippen molar-refractivity contribution >= 4 is 13.7 Å². The van der Waals surface area contributed by atoms with Crippen molar-refractivity contribution in [1.82, 2.24) is 5.32 Å². The normalized spacial score (nSPS) is 17.1. The number of hydrogen-bond donors (Lipinski definition) is 2. The Balaban J connectivity index is 4.36. The standard InChI is InChI=1S/C10H24N2O2Si/c1-5-8-15(4,14-3)10(13)9(2)12-7-6-11/h9,12H,5-8,11H2,1-4H3. The third kappa shape index (κ3) is 4.42. The lowest BCUT2D eigenvalue weighted by Crippen LogP contribution is -2.53. The number of rotatable bonds is 8. The molecule has 3 N–H and O–H groups in total. The Kier molecular flexibility index (Phi) is 7.00. The van der Waals surface area contributed by atoms with Gasteiger partial charge in [0, 0.05) is 20.2 Å². The van der Waals surface area contributed by atoms with Gasteiger partial charge in [-0.2, -0.15) is 0 Å². The van der Waals surface area contributed by atoms with Crippen molar-refractivity contribution in [2.75, 3.05) is 20.2 Å². The van der Waals surface area contributed by atoms with Crippen LogP contribution in [0.15, 0.2) is 0 Å². The highest BCUT2D eigenvalue weighted by atomic mass is 28.4. The Labute approximate surface area is 93.7 Å². The lowest BCUT2D eigenvalue weighted by molar-refractivity contribution is -0.115. The molecule has 0 aliphatic rings. The zero-order valence-electron chi connectivity index (χ0n) is 10.3. The van der Waals surface area contributed by atoms with Gasteiger partial charge in [-0.25, -0.2) is 0 Å². The molecular weight excluding hydrogens is 208 g/mol. The minimum Gasteiger partial charge on any atom is -0.412 e. The van der Waals surface area contributed by atoms with Crippen LogP contribution in [0.3, 0.4) is 0 Å². The quantitative estimate of drug-likeness (QED) is 0.604. The van der Waals surface area contributed by atoms with Gasteiger partial charge in [-0.05, 0) is 19.5 Å². The van der Waals surface area contributed by atoms with E-state index < -0.39 is 8.32 Å². The molecule has 0 spiro atoms. The minimum absolute atomic E-state index is 0.142. The van der Waals surface area contributed by atoms with E-state index in [1.54, 1.807) is 7.11 Å². The first-order chi connectivity index (χ1) is 7.01. The molecule has 5 heteroatoms. The van der Waals surface area contributed by atoms with Gasteiger partial charge in [0.15, 0.2) is 5.41 Å². The van der Waals surface area contributed by atoms with Crippen LogP contribution < -0.4 is 11.1 Å². The van der Waals surface area contributed by atoms with E-state index in [1.165, 1.54) is 0 Å². The van der Waals surface area contributed by atoms with Crippen LogP contribution in [0.5, 0.6) is 0 Å². The zero-order valence-corrected chi connectivity index (χ0v) is 11.3. The summed E-state index contributed by atoms with van der Waals surface area (Å²) >= 11 is 0. The molecule has 0 bridgehead atoms. The molecule has 4 nitrogen and oxygen atoms in total. The molecule has 0 heterocycles. The molecule has 0 fully saturated rings. The van der Waals surface area contributed by atoms with E-state index in [-0.39, 0.29) is 11.4 Å². The summed E-state index contributed by atoms with van der Waals surface area (Å²) in [5.74, 6) is 0. The van der Waals surface area contributed by atoms with Crippen LogP contribution in [0.2, 0.25) is 12.6 Å². The van der Waals surface area contributed by atoms with Gasteiger partial charge < -0.3 is 20.3 Å². The van der Waals surface area contributed by atoms with Crippen molar-refractivity contribution in [1.29, 1.82) is 0 Å². The molecule has 2 unspecified atom stereocenters. The van der Waals surface area contributed by atoms with Crippen LogP contribution in [0.1, 0.15) is 20.3 Å². The predicted octanol–water partition coefficient (Wildman–Crippen LogP) is 0.663. The summed E-state index contributed by atoms with van der Waals surface area (Å²) in [6, 6.07) is 0.744. The van der Waals surface area contributed by atoms with E-state index in [4.69, 9.17) is 10.2 Å². The van der Waals surface area contributed by atoms with E-state index in [9.17, 15) is 4.79 Å². The molecule has 0 aromatic rings. The number of nitrogens with two attached hydrogens (primary N) is 1. The van der Waals surface area contributed by atoms with Crippen molar-refractivity contribution in [3.05, 3.63) is 0 Å². The van der Waals surface area contributed by atoms with Gasteiger partial charge in [0.1, 0.15) is 0 Å². The van der Waals surface area contributed by atoms with E-state index in [0.717, 1.165) is 12.5 Å². The molecule has 0 saturated heterocycles. The Bertz CT molecular complexity index is 202. The summed E-state index contributed by atoms with van der Waals surface area (Å²) in [7, 11) is -0.534. The maximum Gasteiger partial charge on any atom is 0.263 e. The molecule has 0 aromatic carbocycles. The monoisotopic (exact) mass is 232 g/mol. The summed E-state index contributed by atoms with van der Waals surface area (Å²) in [4.78, 5) is 12.1. The lowest BCUT2D eigenvalue weighted by Gasteiger charge is -2.26. The van der Waals surface area contributed by atoms with Gasteiger partial charge in [-0.3, -0.25) is 0 Å². The first-order valence-corrected chi connectivity index (χ1v) is 8.16. The molecule has 0 rings (SSSR count). The fourth-order valence-electron chi connectivity index (χ4n) is 1.65. The highest BCUT2D eigenvalue weighted by molar-refractivity contribution is 7.01. The topological polar surface area (TPSA) is 64.3 Å². The zero-order chi connectivity index (χ0) is 11.9. The van der Waals surface area contributed by atoms with Crippen LogP contribution in [-0.2, 0) is 9.22 Å². The van der Waals surface area contributed by atoms with Gasteiger partial charge >= 0.3 is 0 Å². The number of nitrogens with one attached hydrogen (secondary N) is 1. The third-order valence-corrected chi connectivity index (χ3v) is 6.52. The third-order valence-electron chi connectivity index (χ3n) is 2.69. The van der Waals surface area contributed by atoms with Gasteiger partial charge in [0.25, 0.3) is 8.32 Å². The van der Waals surface area contributed by atoms with Crippen LogP contribution >= 0.6 is 0 Å². The summed E-state index contributed by atoms with van der Waals surface area (Å²) in [5, 5.41) is 3.35. The summed E-state index contributed by atoms with van der Waals surface area (Å²) in [5.41, 5.74) is 5.38. The Morgan fingerprint density at radius 3 is 2.60 bits per heavy atom. The van der Waals surface area contributed by atoms with E-state index >= 15 is 0 Å². The van der Waals surface area contributed by atoms with Gasteiger partial charge in [-0.1, -0.05) is 13.3 Å². The predicted molar refractivity (Wildman–Crippen MR) is 65.3 cm³/mol. The van der Waals surface area contributed by atoms with Gasteiger partial charge in [0.2, 0.25) is 0 Å². The molecule has 2 atom stereocenters. The second-order valence-corrected chi connectivity index (χ2v) is 7.88. The van der Waals surface area contributed by atoms with Crippen LogP contribution in [0.4, 0.5) is 0 Å². The average molecular weight is 232 g/mol. The Morgan fingerprint density at radius 2 is 2.20 bits per heavy atom. The number of carbonyl (C=O) groups excluding carboxylic acids is 1. The van der Waals surface area contributed by atoms with Crippen molar-refractivity contribution in [2.45, 2.75) is 38.9 Å². The summed E-state index contributed by atoms with van der Waals surface area (Å²) < 4.78 is 5.46. The van der Waals surface area contributed by atoms with Crippen LogP contribution in [0.25, 0.3) is 0 Å². The molecule has 0 aromatic heterocycles. The highest BCUT2D eigenvalue weighted by Gasteiger charge is 2.38. The van der Waals surface area contributed by atoms with Crippen LogP contribution in [0, 0.1) is 0 Å². The summed E-state index contributed by atoms with van der Waals surface area (Å²) in [6.45, 7) is 7.18. The maximum absolute atomic E-state index is 12.1. The molecule has 90 valence electrons. The fraction of sp³-hybridized carbons (Fsp3) is 0.900. The van der Waals surface area contributed by atoms with Crippen molar-refractivity contribution in [2.24, 2.45) is 5.73 Å². The Morgan fingerprint density at radius 1 is 1.60 bits per heavy atom. The molecule has 0 saturated carbocycles. The first kappa shape index (κ1) is 14.8. The number of hydrogen-bond acceptors (Lipinski definition) is 4. The number of carbonyl (C=O) groups is 1. The molecule has 0 radical (unpaired) electrons. The SMILES string of the molecule is CCC[Si](C)(OC)C(=O)C(C)NCCN. The first-order valence-electron chi connectivity index (χ1n) is 5.54. The molecule has 0 aliphatic heterocycles. The molecule has 0 amide bonds. The van der Waals surface area contributed by atoms with Crippen LogP contribution in [-0.4, -0.2) is 40.0 Å². The second-order valence-electron chi connectivity index (χ2n) is 4.01. The smallest absolute Gasteiger partial charge is 0.263 e. The van der Waals surface area contributed by atoms with Crippen molar-refractivity contribution in [3.8, 4) is 0 Å². The summed E-state index contributed by atoms with van der Waals surface area (Å²) in [6.07, 6.45) is 0.992. The molecular formula is C10H24N2O2Si. The second kappa shape index (κ2) is 7.11. The molecule has 15 heavy (non-hydrogen) atoms. The lowest BCUT2D eigenvalue weighted by atomic mass is 10.4. The largest absolute Gasteiger partial charge is 0.412 e. The van der Waals surface area contributed by atoms with E-state index in [0.29, 0.717) is 13.1 Å².